The molecule has 0 unspecified atom stereocenters. The standard InChI is InChI=1S/C21H25N3O2/c1-3-4-14-25-22-16-19-11-9-18(10-12-19)13-15-26-24-17(2)23-20-7-5-6-8-21(20)24/h5-12,16H,3-4,13-15H2,1-2H3/b22-16+. The molecule has 0 amide bonds. The van der Waals surface area contributed by atoms with Crippen LogP contribution in [0.2, 0.25) is 0 Å². The summed E-state index contributed by atoms with van der Waals surface area (Å²) in [5, 5.41) is 3.98. The van der Waals surface area contributed by atoms with Gasteiger partial charge in [0.05, 0.1) is 11.7 Å². The number of imidazole rings is 1. The van der Waals surface area contributed by atoms with E-state index in [-0.39, 0.29) is 0 Å². The Kier molecular flexibility index (Phi) is 6.25. The van der Waals surface area contributed by atoms with E-state index >= 15 is 0 Å². The van der Waals surface area contributed by atoms with Gasteiger partial charge in [-0.1, -0.05) is 54.9 Å². The first-order valence-corrected chi connectivity index (χ1v) is 9.09. The van der Waals surface area contributed by atoms with Crippen molar-refractivity contribution in [2.24, 2.45) is 5.16 Å². The Morgan fingerprint density at radius 2 is 1.88 bits per heavy atom. The van der Waals surface area contributed by atoms with E-state index in [4.69, 9.17) is 9.68 Å². The fraction of sp³-hybridized carbons (Fsp3) is 0.333. The van der Waals surface area contributed by atoms with Gasteiger partial charge in [-0.15, -0.1) is 0 Å². The predicted octanol–water partition coefficient (Wildman–Crippen LogP) is 4.17. The van der Waals surface area contributed by atoms with Gasteiger partial charge >= 0.3 is 0 Å². The Hall–Kier alpha value is -2.82. The third kappa shape index (κ3) is 4.63. The van der Waals surface area contributed by atoms with Crippen LogP contribution in [0.25, 0.3) is 11.0 Å². The molecule has 3 rings (SSSR count). The Balaban J connectivity index is 1.51. The van der Waals surface area contributed by atoms with E-state index in [2.05, 4.69) is 29.2 Å². The summed E-state index contributed by atoms with van der Waals surface area (Å²) in [6, 6.07) is 16.3. The zero-order valence-electron chi connectivity index (χ0n) is 15.4. The minimum absolute atomic E-state index is 0.592. The number of benzene rings is 2. The van der Waals surface area contributed by atoms with Crippen molar-refractivity contribution < 1.29 is 9.68 Å². The number of para-hydroxylation sites is 2. The number of unbranched alkanes of at least 4 members (excludes halogenated alkanes) is 1. The number of fused-ring (bicyclic) bond motifs is 1. The number of nitrogens with zero attached hydrogens (tertiary/aromatic N) is 3. The zero-order chi connectivity index (χ0) is 18.2. The molecule has 0 saturated heterocycles. The van der Waals surface area contributed by atoms with E-state index in [1.54, 1.807) is 6.21 Å². The van der Waals surface area contributed by atoms with Gasteiger partial charge < -0.3 is 9.68 Å². The summed E-state index contributed by atoms with van der Waals surface area (Å²) >= 11 is 0. The Morgan fingerprint density at radius 1 is 1.08 bits per heavy atom. The molecule has 5 nitrogen and oxygen atoms in total. The van der Waals surface area contributed by atoms with Gasteiger partial charge in [0.25, 0.3) is 0 Å². The second-order valence-corrected chi connectivity index (χ2v) is 6.19. The van der Waals surface area contributed by atoms with E-state index in [0.29, 0.717) is 13.2 Å². The molecule has 0 radical (unpaired) electrons. The number of rotatable bonds is 9. The fourth-order valence-corrected chi connectivity index (χ4v) is 2.67. The molecule has 136 valence electrons. The van der Waals surface area contributed by atoms with Gasteiger partial charge in [0.1, 0.15) is 24.6 Å². The summed E-state index contributed by atoms with van der Waals surface area (Å²) in [5.41, 5.74) is 4.20. The van der Waals surface area contributed by atoms with Crippen LogP contribution in [-0.2, 0) is 11.3 Å². The number of aryl methyl sites for hydroxylation is 1. The van der Waals surface area contributed by atoms with Crippen LogP contribution in [0, 0.1) is 6.92 Å². The lowest BCUT2D eigenvalue weighted by Crippen LogP contribution is -2.15. The average molecular weight is 351 g/mol. The monoisotopic (exact) mass is 351 g/mol. The molecular formula is C21H25N3O2. The van der Waals surface area contributed by atoms with Crippen LogP contribution in [0.5, 0.6) is 0 Å². The molecule has 3 aromatic rings. The second kappa shape index (κ2) is 9.04. The fourth-order valence-electron chi connectivity index (χ4n) is 2.67. The minimum Gasteiger partial charge on any atom is -0.412 e. The predicted molar refractivity (Wildman–Crippen MR) is 105 cm³/mol. The summed E-state index contributed by atoms with van der Waals surface area (Å²) in [6.07, 6.45) is 4.72. The molecule has 5 heteroatoms. The van der Waals surface area contributed by atoms with Crippen molar-refractivity contribution in [1.82, 2.24) is 9.71 Å². The van der Waals surface area contributed by atoms with Crippen LogP contribution in [0.4, 0.5) is 0 Å². The smallest absolute Gasteiger partial charge is 0.143 e. The highest BCUT2D eigenvalue weighted by molar-refractivity contribution is 5.79. The van der Waals surface area contributed by atoms with E-state index in [0.717, 1.165) is 41.7 Å². The van der Waals surface area contributed by atoms with E-state index in [9.17, 15) is 0 Å². The maximum Gasteiger partial charge on any atom is 0.143 e. The summed E-state index contributed by atoms with van der Waals surface area (Å²) in [6.45, 7) is 5.35. The van der Waals surface area contributed by atoms with Gasteiger partial charge in [-0.3, -0.25) is 0 Å². The van der Waals surface area contributed by atoms with Crippen molar-refractivity contribution in [1.29, 1.82) is 0 Å². The SMILES string of the molecule is CCCCO/N=C/c1ccc(CCOn2c(C)nc3ccccc32)cc1. The van der Waals surface area contributed by atoms with E-state index in [1.807, 2.05) is 48.1 Å². The molecule has 0 saturated carbocycles. The van der Waals surface area contributed by atoms with Crippen LogP contribution in [0.3, 0.4) is 0 Å². The first-order chi connectivity index (χ1) is 12.8. The molecule has 0 aliphatic carbocycles. The molecule has 0 spiro atoms. The van der Waals surface area contributed by atoms with Gasteiger partial charge in [0.15, 0.2) is 0 Å². The zero-order valence-corrected chi connectivity index (χ0v) is 15.4. The van der Waals surface area contributed by atoms with Gasteiger partial charge in [-0.25, -0.2) is 4.98 Å². The summed E-state index contributed by atoms with van der Waals surface area (Å²) in [4.78, 5) is 15.6. The first-order valence-electron chi connectivity index (χ1n) is 9.09. The third-order valence-corrected chi connectivity index (χ3v) is 4.13. The maximum absolute atomic E-state index is 5.93. The van der Waals surface area contributed by atoms with Crippen LogP contribution in [0.15, 0.2) is 53.7 Å². The van der Waals surface area contributed by atoms with Gasteiger partial charge in [-0.05, 0) is 36.6 Å². The maximum atomic E-state index is 5.93. The molecule has 1 aromatic heterocycles. The Bertz CT molecular complexity index is 853. The van der Waals surface area contributed by atoms with Crippen LogP contribution >= 0.6 is 0 Å². The highest BCUT2D eigenvalue weighted by atomic mass is 16.7. The van der Waals surface area contributed by atoms with Crippen molar-refractivity contribution in [2.45, 2.75) is 33.1 Å². The molecule has 0 bridgehead atoms. The topological polar surface area (TPSA) is 48.6 Å². The highest BCUT2D eigenvalue weighted by Gasteiger charge is 2.07. The summed E-state index contributed by atoms with van der Waals surface area (Å²) in [5.74, 6) is 0.862. The molecule has 0 aliphatic heterocycles. The lowest BCUT2D eigenvalue weighted by Gasteiger charge is -2.09. The molecule has 0 fully saturated rings. The van der Waals surface area contributed by atoms with E-state index in [1.165, 1.54) is 5.56 Å². The number of hydrogen-bond donors (Lipinski definition) is 0. The van der Waals surface area contributed by atoms with Crippen molar-refractivity contribution in [3.05, 3.63) is 65.5 Å². The number of hydrogen-bond acceptors (Lipinski definition) is 4. The number of oxime groups is 1. The normalized spacial score (nSPS) is 11.3. The van der Waals surface area contributed by atoms with Gasteiger partial charge in [0, 0.05) is 6.42 Å². The molecule has 0 aliphatic rings. The highest BCUT2D eigenvalue weighted by Crippen LogP contribution is 2.14. The first kappa shape index (κ1) is 18.0. The molecule has 2 aromatic carbocycles. The van der Waals surface area contributed by atoms with Gasteiger partial charge in [-0.2, -0.15) is 4.73 Å². The Morgan fingerprint density at radius 3 is 2.69 bits per heavy atom. The summed E-state index contributed by atoms with van der Waals surface area (Å²) < 4.78 is 1.81. The molecule has 26 heavy (non-hydrogen) atoms. The van der Waals surface area contributed by atoms with Crippen LogP contribution in [-0.4, -0.2) is 29.1 Å². The lowest BCUT2D eigenvalue weighted by molar-refractivity contribution is 0.117. The Labute approximate surface area is 154 Å². The molecular weight excluding hydrogens is 326 g/mol. The largest absolute Gasteiger partial charge is 0.412 e. The van der Waals surface area contributed by atoms with E-state index < -0.39 is 0 Å². The molecule has 0 N–H and O–H groups in total. The summed E-state index contributed by atoms with van der Waals surface area (Å²) in [7, 11) is 0. The van der Waals surface area contributed by atoms with Crippen molar-refractivity contribution in [3.8, 4) is 0 Å². The molecule has 0 atom stereocenters. The third-order valence-electron chi connectivity index (χ3n) is 4.13. The van der Waals surface area contributed by atoms with Crippen LogP contribution < -0.4 is 4.84 Å². The van der Waals surface area contributed by atoms with Crippen LogP contribution in [0.1, 0.15) is 36.7 Å². The van der Waals surface area contributed by atoms with Gasteiger partial charge in [0.2, 0.25) is 0 Å². The van der Waals surface area contributed by atoms with Crippen molar-refractivity contribution >= 4 is 17.2 Å². The number of aromatic nitrogens is 2. The van der Waals surface area contributed by atoms with Crippen molar-refractivity contribution in [2.75, 3.05) is 13.2 Å². The molecule has 1 heterocycles. The second-order valence-electron chi connectivity index (χ2n) is 6.19. The quantitative estimate of drug-likeness (QED) is 0.330. The minimum atomic E-state index is 0.592. The average Bonchev–Trinajstić information content (AvgIpc) is 2.98. The lowest BCUT2D eigenvalue weighted by atomic mass is 10.1. The van der Waals surface area contributed by atoms with Crippen molar-refractivity contribution in [3.63, 3.8) is 0 Å².